The van der Waals surface area contributed by atoms with Gasteiger partial charge >= 0.3 is 17.8 Å². The molecule has 0 atom stereocenters. The Balaban J connectivity index is 2.01. The first-order chi connectivity index (χ1) is 10.4. The molecular formula is C14H17N3O5. The van der Waals surface area contributed by atoms with Gasteiger partial charge in [0.25, 0.3) is 0 Å². The van der Waals surface area contributed by atoms with Crippen LogP contribution < -0.4 is 5.32 Å². The average Bonchev–Trinajstić information content (AvgIpc) is 3.04. The number of hydrogen-bond acceptors (Lipinski definition) is 5. The molecule has 1 fully saturated rings. The van der Waals surface area contributed by atoms with E-state index in [-0.39, 0.29) is 12.5 Å². The van der Waals surface area contributed by atoms with Crippen molar-refractivity contribution in [3.63, 3.8) is 0 Å². The Hall–Kier alpha value is -2.64. The van der Waals surface area contributed by atoms with E-state index in [1.54, 1.807) is 12.1 Å². The van der Waals surface area contributed by atoms with E-state index in [1.807, 2.05) is 13.8 Å². The van der Waals surface area contributed by atoms with Crippen LogP contribution in [0.25, 0.3) is 0 Å². The lowest BCUT2D eigenvalue weighted by Gasteiger charge is -2.15. The molecule has 1 aliphatic heterocycles. The van der Waals surface area contributed by atoms with Crippen molar-refractivity contribution in [2.75, 3.05) is 13.1 Å². The summed E-state index contributed by atoms with van der Waals surface area (Å²) in [6.45, 7) is 3.66. The molecule has 1 aromatic heterocycles. The van der Waals surface area contributed by atoms with Crippen LogP contribution in [0.3, 0.4) is 0 Å². The van der Waals surface area contributed by atoms with Crippen LogP contribution in [0, 0.1) is 5.92 Å². The molecule has 0 saturated carbocycles. The van der Waals surface area contributed by atoms with Gasteiger partial charge in [0.1, 0.15) is 12.3 Å². The number of furan rings is 1. The molecule has 0 spiro atoms. The summed E-state index contributed by atoms with van der Waals surface area (Å²) in [5.41, 5.74) is 0. The lowest BCUT2D eigenvalue weighted by molar-refractivity contribution is -0.144. The highest BCUT2D eigenvalue weighted by Gasteiger charge is 2.45. The first-order valence-corrected chi connectivity index (χ1v) is 6.86. The molecule has 5 amide bonds. The van der Waals surface area contributed by atoms with Gasteiger partial charge in [0.15, 0.2) is 0 Å². The van der Waals surface area contributed by atoms with Gasteiger partial charge in [-0.25, -0.2) is 14.6 Å². The van der Waals surface area contributed by atoms with Crippen molar-refractivity contribution in [1.29, 1.82) is 0 Å². The SMILES string of the molecule is CC(C)CNC(=O)CN1C(=O)C(=O)N(Cc2ccco2)C1=O. The predicted molar refractivity (Wildman–Crippen MR) is 74.2 cm³/mol. The van der Waals surface area contributed by atoms with Crippen molar-refractivity contribution in [2.45, 2.75) is 20.4 Å². The molecule has 2 heterocycles. The number of hydrogen-bond donors (Lipinski definition) is 1. The number of carbonyl (C=O) groups is 4. The molecule has 1 N–H and O–H groups in total. The third-order valence-corrected chi connectivity index (χ3v) is 3.04. The Labute approximate surface area is 127 Å². The molecule has 0 aromatic carbocycles. The maximum Gasteiger partial charge on any atom is 0.335 e. The Morgan fingerprint density at radius 1 is 1.23 bits per heavy atom. The van der Waals surface area contributed by atoms with Crippen molar-refractivity contribution in [1.82, 2.24) is 15.1 Å². The molecule has 8 nitrogen and oxygen atoms in total. The van der Waals surface area contributed by atoms with Crippen molar-refractivity contribution in [3.8, 4) is 0 Å². The van der Waals surface area contributed by atoms with Crippen LogP contribution in [0.5, 0.6) is 0 Å². The highest BCUT2D eigenvalue weighted by atomic mass is 16.3. The Morgan fingerprint density at radius 2 is 1.91 bits per heavy atom. The first-order valence-electron chi connectivity index (χ1n) is 6.86. The monoisotopic (exact) mass is 307 g/mol. The molecule has 22 heavy (non-hydrogen) atoms. The molecule has 1 aliphatic rings. The number of imide groups is 2. The standard InChI is InChI=1S/C14H17N3O5/c1-9(2)6-15-11(18)8-17-13(20)12(19)16(14(17)21)7-10-4-3-5-22-10/h3-5,9H,6-8H2,1-2H3,(H,15,18). The van der Waals surface area contributed by atoms with E-state index in [0.29, 0.717) is 17.2 Å². The Morgan fingerprint density at radius 3 is 2.50 bits per heavy atom. The number of nitrogens with zero attached hydrogens (tertiary/aromatic N) is 2. The molecule has 118 valence electrons. The lowest BCUT2D eigenvalue weighted by Crippen LogP contribution is -2.42. The molecule has 1 saturated heterocycles. The minimum absolute atomic E-state index is 0.138. The van der Waals surface area contributed by atoms with E-state index in [4.69, 9.17) is 4.42 Å². The zero-order valence-electron chi connectivity index (χ0n) is 12.4. The molecule has 0 unspecified atom stereocenters. The summed E-state index contributed by atoms with van der Waals surface area (Å²) in [7, 11) is 0. The van der Waals surface area contributed by atoms with E-state index in [9.17, 15) is 19.2 Å². The van der Waals surface area contributed by atoms with Crippen molar-refractivity contribution in [3.05, 3.63) is 24.2 Å². The Kier molecular flexibility index (Phi) is 4.59. The van der Waals surface area contributed by atoms with Crippen molar-refractivity contribution >= 4 is 23.8 Å². The summed E-state index contributed by atoms with van der Waals surface area (Å²) >= 11 is 0. The maximum atomic E-state index is 12.1. The fraction of sp³-hybridized carbons (Fsp3) is 0.429. The van der Waals surface area contributed by atoms with Crippen LogP contribution >= 0.6 is 0 Å². The zero-order valence-corrected chi connectivity index (χ0v) is 12.4. The molecular weight excluding hydrogens is 290 g/mol. The van der Waals surface area contributed by atoms with Gasteiger partial charge in [0.05, 0.1) is 12.8 Å². The highest BCUT2D eigenvalue weighted by Crippen LogP contribution is 2.15. The third-order valence-electron chi connectivity index (χ3n) is 3.04. The summed E-state index contributed by atoms with van der Waals surface area (Å²) in [6, 6.07) is 2.38. The molecule has 0 radical (unpaired) electrons. The first kappa shape index (κ1) is 15.7. The number of carbonyl (C=O) groups excluding carboxylic acids is 4. The summed E-state index contributed by atoms with van der Waals surface area (Å²) in [6.07, 6.45) is 1.40. The van der Waals surface area contributed by atoms with Crippen LogP contribution in [-0.2, 0) is 20.9 Å². The summed E-state index contributed by atoms with van der Waals surface area (Å²) in [5, 5.41) is 2.59. The second-order valence-corrected chi connectivity index (χ2v) is 5.34. The van der Waals surface area contributed by atoms with Crippen LogP contribution in [0.1, 0.15) is 19.6 Å². The quantitative estimate of drug-likeness (QED) is 0.603. The average molecular weight is 307 g/mol. The van der Waals surface area contributed by atoms with Gasteiger partial charge in [-0.2, -0.15) is 0 Å². The number of nitrogens with one attached hydrogen (secondary N) is 1. The van der Waals surface area contributed by atoms with Crippen molar-refractivity contribution < 1.29 is 23.6 Å². The minimum Gasteiger partial charge on any atom is -0.467 e. The van der Waals surface area contributed by atoms with Crippen LogP contribution in [0.2, 0.25) is 0 Å². The van der Waals surface area contributed by atoms with Crippen LogP contribution in [0.15, 0.2) is 22.8 Å². The van der Waals surface area contributed by atoms with E-state index in [2.05, 4.69) is 5.32 Å². The second kappa shape index (κ2) is 6.42. The van der Waals surface area contributed by atoms with Gasteiger partial charge in [-0.1, -0.05) is 13.8 Å². The van der Waals surface area contributed by atoms with Gasteiger partial charge in [0.2, 0.25) is 5.91 Å². The zero-order chi connectivity index (χ0) is 16.3. The van der Waals surface area contributed by atoms with Gasteiger partial charge in [-0.3, -0.25) is 14.4 Å². The van der Waals surface area contributed by atoms with Gasteiger partial charge in [-0.15, -0.1) is 0 Å². The normalized spacial score (nSPS) is 15.1. The predicted octanol–water partition coefficient (Wildman–Crippen LogP) is 0.343. The number of amides is 5. The maximum absolute atomic E-state index is 12.1. The lowest BCUT2D eigenvalue weighted by atomic mass is 10.2. The Bertz CT molecular complexity index is 594. The van der Waals surface area contributed by atoms with Gasteiger partial charge in [-0.05, 0) is 18.1 Å². The largest absolute Gasteiger partial charge is 0.467 e. The van der Waals surface area contributed by atoms with Crippen LogP contribution in [0.4, 0.5) is 4.79 Å². The topological polar surface area (TPSA) is 99.9 Å². The number of urea groups is 1. The summed E-state index contributed by atoms with van der Waals surface area (Å²) < 4.78 is 5.05. The van der Waals surface area contributed by atoms with E-state index < -0.39 is 30.3 Å². The molecule has 2 rings (SSSR count). The van der Waals surface area contributed by atoms with E-state index >= 15 is 0 Å². The molecule has 0 aliphatic carbocycles. The van der Waals surface area contributed by atoms with Gasteiger partial charge in [0, 0.05) is 6.54 Å². The summed E-state index contributed by atoms with van der Waals surface area (Å²) in [4.78, 5) is 48.9. The fourth-order valence-corrected chi connectivity index (χ4v) is 1.91. The van der Waals surface area contributed by atoms with E-state index in [1.165, 1.54) is 6.26 Å². The molecule has 8 heteroatoms. The molecule has 0 bridgehead atoms. The molecule has 1 aromatic rings. The summed E-state index contributed by atoms with van der Waals surface area (Å²) in [5.74, 6) is -1.83. The second-order valence-electron chi connectivity index (χ2n) is 5.34. The fourth-order valence-electron chi connectivity index (χ4n) is 1.91. The van der Waals surface area contributed by atoms with E-state index in [0.717, 1.165) is 4.90 Å². The third kappa shape index (κ3) is 3.33. The highest BCUT2D eigenvalue weighted by molar-refractivity contribution is 6.44. The van der Waals surface area contributed by atoms with Crippen LogP contribution in [-0.4, -0.2) is 46.6 Å². The van der Waals surface area contributed by atoms with Gasteiger partial charge < -0.3 is 9.73 Å². The number of rotatable bonds is 6. The minimum atomic E-state index is -1.00. The smallest absolute Gasteiger partial charge is 0.335 e. The van der Waals surface area contributed by atoms with Crippen molar-refractivity contribution in [2.24, 2.45) is 5.92 Å².